The van der Waals surface area contributed by atoms with Crippen LogP contribution in [0.4, 0.5) is 0 Å². The number of likely N-dealkylation sites (N-methyl/N-ethyl adjacent to an activating group) is 1. The Morgan fingerprint density at radius 3 is 2.59 bits per heavy atom. The summed E-state index contributed by atoms with van der Waals surface area (Å²) in [7, 11) is -1.95. The van der Waals surface area contributed by atoms with Crippen molar-refractivity contribution in [1.82, 2.24) is 9.62 Å². The molecule has 22 heavy (non-hydrogen) atoms. The van der Waals surface area contributed by atoms with Crippen molar-refractivity contribution in [2.24, 2.45) is 11.7 Å². The smallest absolute Gasteiger partial charge is 0.250 e. The number of carbonyl (C=O) groups is 1. The van der Waals surface area contributed by atoms with Gasteiger partial charge in [-0.25, -0.2) is 13.1 Å². The van der Waals surface area contributed by atoms with E-state index in [4.69, 9.17) is 5.73 Å². The minimum Gasteiger partial charge on any atom is -0.345 e. The van der Waals surface area contributed by atoms with Crippen LogP contribution in [-0.4, -0.2) is 45.4 Å². The summed E-state index contributed by atoms with van der Waals surface area (Å²) in [5.74, 6) is 0.0805. The number of nitrogens with two attached hydrogens (primary N) is 1. The van der Waals surface area contributed by atoms with Crippen molar-refractivity contribution in [3.05, 3.63) is 17.5 Å². The Morgan fingerprint density at radius 2 is 2.09 bits per heavy atom. The normalized spacial score (nSPS) is 12.8. The first-order chi connectivity index (χ1) is 9.74. The number of hydrogen-bond acceptors (Lipinski definition) is 5. The maximum Gasteiger partial charge on any atom is 0.250 e. The van der Waals surface area contributed by atoms with Gasteiger partial charge in [-0.1, -0.05) is 19.9 Å². The molecular formula is C13H24ClN3O3S2. The van der Waals surface area contributed by atoms with Crippen LogP contribution >= 0.6 is 23.7 Å². The van der Waals surface area contributed by atoms with Crippen molar-refractivity contribution in [1.29, 1.82) is 0 Å². The molecule has 128 valence electrons. The lowest BCUT2D eigenvalue weighted by atomic mass is 10.0. The quantitative estimate of drug-likeness (QED) is 0.721. The van der Waals surface area contributed by atoms with E-state index >= 15 is 0 Å². The Balaban J connectivity index is 0.00000441. The zero-order chi connectivity index (χ0) is 16.0. The van der Waals surface area contributed by atoms with Gasteiger partial charge in [0.2, 0.25) is 5.91 Å². The molecule has 0 aromatic carbocycles. The first-order valence-electron chi connectivity index (χ1n) is 6.76. The fourth-order valence-corrected chi connectivity index (χ4v) is 3.59. The largest absolute Gasteiger partial charge is 0.345 e. The molecular weight excluding hydrogens is 346 g/mol. The lowest BCUT2D eigenvalue weighted by Gasteiger charge is -2.21. The van der Waals surface area contributed by atoms with E-state index in [1.165, 1.54) is 11.0 Å². The van der Waals surface area contributed by atoms with Crippen LogP contribution in [0.3, 0.4) is 0 Å². The van der Waals surface area contributed by atoms with E-state index in [0.29, 0.717) is 18.9 Å². The van der Waals surface area contributed by atoms with Gasteiger partial charge in [0.1, 0.15) is 4.21 Å². The minimum absolute atomic E-state index is 0. The van der Waals surface area contributed by atoms with Crippen LogP contribution in [0.25, 0.3) is 0 Å². The molecule has 0 bridgehead atoms. The summed E-state index contributed by atoms with van der Waals surface area (Å²) in [6, 6.07) is 3.19. The van der Waals surface area contributed by atoms with Gasteiger partial charge in [0.05, 0.1) is 6.54 Å². The third kappa shape index (κ3) is 6.62. The van der Waals surface area contributed by atoms with Crippen molar-refractivity contribution in [2.45, 2.75) is 30.5 Å². The lowest BCUT2D eigenvalue weighted by molar-refractivity contribution is -0.128. The third-order valence-corrected chi connectivity index (χ3v) is 6.05. The second kappa shape index (κ2) is 9.46. The van der Waals surface area contributed by atoms with Crippen molar-refractivity contribution in [3.63, 3.8) is 0 Å². The van der Waals surface area contributed by atoms with Gasteiger partial charge < -0.3 is 10.6 Å². The molecule has 0 fully saturated rings. The monoisotopic (exact) mass is 369 g/mol. The molecule has 1 atom stereocenters. The zero-order valence-electron chi connectivity index (χ0n) is 13.0. The van der Waals surface area contributed by atoms with Crippen LogP contribution in [0.2, 0.25) is 0 Å². The van der Waals surface area contributed by atoms with Gasteiger partial charge in [0.15, 0.2) is 0 Å². The fourth-order valence-electron chi connectivity index (χ4n) is 1.58. The van der Waals surface area contributed by atoms with E-state index in [1.54, 1.807) is 18.5 Å². The molecule has 1 heterocycles. The Hall–Kier alpha value is -0.670. The van der Waals surface area contributed by atoms with E-state index in [-0.39, 0.29) is 35.1 Å². The van der Waals surface area contributed by atoms with Gasteiger partial charge in [-0.3, -0.25) is 4.79 Å². The van der Waals surface area contributed by atoms with Crippen LogP contribution in [0.5, 0.6) is 0 Å². The average molecular weight is 370 g/mol. The highest BCUT2D eigenvalue weighted by Gasteiger charge is 2.18. The van der Waals surface area contributed by atoms with Gasteiger partial charge in [-0.2, -0.15) is 0 Å². The number of carbonyl (C=O) groups excluding carboxylic acids is 1. The molecule has 1 unspecified atom stereocenters. The lowest BCUT2D eigenvalue weighted by Crippen LogP contribution is -2.40. The number of nitrogens with one attached hydrogen (secondary N) is 1. The third-order valence-electron chi connectivity index (χ3n) is 3.25. The van der Waals surface area contributed by atoms with Gasteiger partial charge in [-0.05, 0) is 23.8 Å². The predicted octanol–water partition coefficient (Wildman–Crippen LogP) is 1.28. The number of thiophene rings is 1. The van der Waals surface area contributed by atoms with Gasteiger partial charge in [-0.15, -0.1) is 23.7 Å². The highest BCUT2D eigenvalue weighted by molar-refractivity contribution is 7.91. The molecule has 0 aliphatic heterocycles. The predicted molar refractivity (Wildman–Crippen MR) is 91.8 cm³/mol. The summed E-state index contributed by atoms with van der Waals surface area (Å²) in [5.41, 5.74) is 5.92. The molecule has 1 rings (SSSR count). The topological polar surface area (TPSA) is 92.5 Å². The summed E-state index contributed by atoms with van der Waals surface area (Å²) < 4.78 is 26.3. The molecule has 1 aromatic rings. The molecule has 0 spiro atoms. The van der Waals surface area contributed by atoms with Crippen molar-refractivity contribution < 1.29 is 13.2 Å². The maximum atomic E-state index is 11.9. The molecule has 0 saturated carbocycles. The van der Waals surface area contributed by atoms with Crippen LogP contribution in [0, 0.1) is 5.92 Å². The van der Waals surface area contributed by atoms with Gasteiger partial charge in [0.25, 0.3) is 10.0 Å². The number of halogens is 1. The maximum absolute atomic E-state index is 11.9. The molecule has 3 N–H and O–H groups in total. The van der Waals surface area contributed by atoms with Crippen molar-refractivity contribution in [2.75, 3.05) is 20.1 Å². The number of hydrogen-bond donors (Lipinski definition) is 2. The Kier molecular flexibility index (Phi) is 9.18. The molecule has 0 saturated heterocycles. The Bertz CT molecular complexity index is 547. The molecule has 1 amide bonds. The Morgan fingerprint density at radius 1 is 1.45 bits per heavy atom. The Labute approximate surface area is 142 Å². The zero-order valence-corrected chi connectivity index (χ0v) is 15.4. The van der Waals surface area contributed by atoms with Crippen LogP contribution in [-0.2, 0) is 14.8 Å². The van der Waals surface area contributed by atoms with E-state index in [1.807, 2.05) is 13.8 Å². The second-order valence-corrected chi connectivity index (χ2v) is 8.21. The molecule has 0 aliphatic rings. The fraction of sp³-hybridized carbons (Fsp3) is 0.615. The number of amides is 1. The highest BCUT2D eigenvalue weighted by atomic mass is 35.5. The SMILES string of the molecule is CC(C)C(N)CCN(C)C(=O)CNS(=O)(=O)c1cccs1.Cl. The molecule has 6 nitrogen and oxygen atoms in total. The first kappa shape index (κ1) is 21.3. The van der Waals surface area contributed by atoms with Crippen LogP contribution in [0.15, 0.2) is 21.7 Å². The van der Waals surface area contributed by atoms with E-state index < -0.39 is 10.0 Å². The molecule has 0 radical (unpaired) electrons. The van der Waals surface area contributed by atoms with Gasteiger partial charge in [0, 0.05) is 19.6 Å². The summed E-state index contributed by atoms with van der Waals surface area (Å²) in [6.07, 6.45) is 0.692. The summed E-state index contributed by atoms with van der Waals surface area (Å²) >= 11 is 1.12. The summed E-state index contributed by atoms with van der Waals surface area (Å²) in [4.78, 5) is 13.4. The summed E-state index contributed by atoms with van der Waals surface area (Å²) in [6.45, 7) is 4.33. The highest BCUT2D eigenvalue weighted by Crippen LogP contribution is 2.14. The standard InChI is InChI=1S/C13H23N3O3S2.ClH/c1-10(2)11(14)6-7-16(3)12(17)9-15-21(18,19)13-5-4-8-20-13;/h4-5,8,10-11,15H,6-7,9,14H2,1-3H3;1H. The second-order valence-electron chi connectivity index (χ2n) is 5.27. The number of sulfonamides is 1. The minimum atomic E-state index is -3.59. The molecule has 9 heteroatoms. The molecule has 1 aromatic heterocycles. The van der Waals surface area contributed by atoms with Crippen LogP contribution < -0.4 is 10.5 Å². The summed E-state index contributed by atoms with van der Waals surface area (Å²) in [5, 5.41) is 1.68. The van der Waals surface area contributed by atoms with E-state index in [2.05, 4.69) is 4.72 Å². The first-order valence-corrected chi connectivity index (χ1v) is 9.13. The molecule has 0 aliphatic carbocycles. The van der Waals surface area contributed by atoms with E-state index in [9.17, 15) is 13.2 Å². The van der Waals surface area contributed by atoms with Crippen LogP contribution in [0.1, 0.15) is 20.3 Å². The van der Waals surface area contributed by atoms with Gasteiger partial charge >= 0.3 is 0 Å². The van der Waals surface area contributed by atoms with E-state index in [0.717, 1.165) is 11.3 Å². The average Bonchev–Trinajstić information content (AvgIpc) is 2.96. The number of nitrogens with zero attached hydrogens (tertiary/aromatic N) is 1. The van der Waals surface area contributed by atoms with Crippen molar-refractivity contribution in [3.8, 4) is 0 Å². The number of rotatable bonds is 8. The van der Waals surface area contributed by atoms with Crippen molar-refractivity contribution >= 4 is 39.7 Å².